The monoisotopic (exact) mass is 223 g/mol. The van der Waals surface area contributed by atoms with Gasteiger partial charge in [0.05, 0.1) is 0 Å². The first-order valence-corrected chi connectivity index (χ1v) is 6.37. The van der Waals surface area contributed by atoms with Gasteiger partial charge in [-0.2, -0.15) is 0 Å². The maximum absolute atomic E-state index is 3.53. The van der Waals surface area contributed by atoms with Gasteiger partial charge in [-0.25, -0.2) is 0 Å². The number of benzene rings is 1. The van der Waals surface area contributed by atoms with E-state index in [2.05, 4.69) is 53.5 Å². The fraction of sp³-hybridized carbons (Fsp3) is 0.250. The van der Waals surface area contributed by atoms with E-state index in [9.17, 15) is 0 Å². The molecule has 0 saturated heterocycles. The van der Waals surface area contributed by atoms with Crippen LogP contribution in [-0.4, -0.2) is 4.98 Å². The van der Waals surface area contributed by atoms with Crippen LogP contribution in [-0.2, 0) is 0 Å². The van der Waals surface area contributed by atoms with E-state index in [4.69, 9.17) is 0 Å². The Morgan fingerprint density at radius 3 is 2.41 bits per heavy atom. The number of allylic oxidation sites excluding steroid dienone is 2. The number of H-pyrrole nitrogens is 1. The lowest BCUT2D eigenvalue weighted by Gasteiger charge is -2.10. The highest BCUT2D eigenvalue weighted by atomic mass is 14.7. The lowest BCUT2D eigenvalue weighted by Crippen LogP contribution is -1.91. The Morgan fingerprint density at radius 2 is 1.65 bits per heavy atom. The zero-order valence-electron chi connectivity index (χ0n) is 9.95. The van der Waals surface area contributed by atoms with Gasteiger partial charge in [0.2, 0.25) is 0 Å². The first-order chi connectivity index (χ1) is 8.43. The molecule has 17 heavy (non-hydrogen) atoms. The Labute approximate surface area is 102 Å². The fourth-order valence-electron chi connectivity index (χ4n) is 2.45. The number of rotatable bonds is 2. The Bertz CT molecular complexity index is 519. The molecule has 1 N–H and O–H groups in total. The standard InChI is InChI=1S/C16H17N/c1-3-7-13(8-4-1)15-11-12-16(17-15)14-9-5-2-6-10-14/h1,3-4,7-9,11-12,17H,2,5-6,10H2. The van der Waals surface area contributed by atoms with E-state index in [0.717, 1.165) is 0 Å². The van der Waals surface area contributed by atoms with Crippen molar-refractivity contribution in [3.05, 3.63) is 54.2 Å². The van der Waals surface area contributed by atoms with Crippen LogP contribution in [0, 0.1) is 0 Å². The molecular weight excluding hydrogens is 206 g/mol. The molecule has 0 saturated carbocycles. The summed E-state index contributed by atoms with van der Waals surface area (Å²) in [5.74, 6) is 0. The maximum atomic E-state index is 3.53. The third-order valence-corrected chi connectivity index (χ3v) is 3.41. The molecule has 1 heterocycles. The van der Waals surface area contributed by atoms with Gasteiger partial charge in [0, 0.05) is 11.4 Å². The molecule has 3 rings (SSSR count). The van der Waals surface area contributed by atoms with Gasteiger partial charge in [-0.1, -0.05) is 36.4 Å². The minimum Gasteiger partial charge on any atom is -0.355 e. The zero-order valence-corrected chi connectivity index (χ0v) is 9.95. The summed E-state index contributed by atoms with van der Waals surface area (Å²) < 4.78 is 0. The lowest BCUT2D eigenvalue weighted by atomic mass is 9.97. The average molecular weight is 223 g/mol. The average Bonchev–Trinajstić information content (AvgIpc) is 2.90. The van der Waals surface area contributed by atoms with E-state index in [-0.39, 0.29) is 0 Å². The van der Waals surface area contributed by atoms with Crippen LogP contribution in [0.25, 0.3) is 16.8 Å². The summed E-state index contributed by atoms with van der Waals surface area (Å²) in [4.78, 5) is 3.53. The van der Waals surface area contributed by atoms with Crippen LogP contribution in [0.5, 0.6) is 0 Å². The van der Waals surface area contributed by atoms with Crippen LogP contribution in [0.3, 0.4) is 0 Å². The molecule has 1 heteroatoms. The number of hydrogen-bond donors (Lipinski definition) is 1. The van der Waals surface area contributed by atoms with Gasteiger partial charge in [0.25, 0.3) is 0 Å². The van der Waals surface area contributed by atoms with Gasteiger partial charge in [-0.05, 0) is 49.0 Å². The Morgan fingerprint density at radius 1 is 0.824 bits per heavy atom. The molecule has 0 atom stereocenters. The predicted molar refractivity (Wildman–Crippen MR) is 72.7 cm³/mol. The van der Waals surface area contributed by atoms with Crippen molar-refractivity contribution in [2.75, 3.05) is 0 Å². The van der Waals surface area contributed by atoms with E-state index in [1.165, 1.54) is 48.2 Å². The minimum atomic E-state index is 1.21. The van der Waals surface area contributed by atoms with Crippen molar-refractivity contribution in [3.8, 4) is 11.3 Å². The van der Waals surface area contributed by atoms with Crippen molar-refractivity contribution in [3.63, 3.8) is 0 Å². The highest BCUT2D eigenvalue weighted by molar-refractivity contribution is 5.69. The highest BCUT2D eigenvalue weighted by Gasteiger charge is 2.08. The van der Waals surface area contributed by atoms with Crippen LogP contribution in [0.2, 0.25) is 0 Å². The molecular formula is C16H17N. The molecule has 0 radical (unpaired) electrons. The third-order valence-electron chi connectivity index (χ3n) is 3.41. The lowest BCUT2D eigenvalue weighted by molar-refractivity contribution is 0.740. The Balaban J connectivity index is 1.90. The topological polar surface area (TPSA) is 15.8 Å². The number of nitrogens with one attached hydrogen (secondary N) is 1. The summed E-state index contributed by atoms with van der Waals surface area (Å²) in [6, 6.07) is 14.9. The first-order valence-electron chi connectivity index (χ1n) is 6.37. The van der Waals surface area contributed by atoms with Crippen LogP contribution in [0.4, 0.5) is 0 Å². The van der Waals surface area contributed by atoms with Crippen LogP contribution >= 0.6 is 0 Å². The summed E-state index contributed by atoms with van der Waals surface area (Å²) in [7, 11) is 0. The normalized spacial score (nSPS) is 15.6. The first kappa shape index (κ1) is 10.4. The molecule has 1 aromatic carbocycles. The van der Waals surface area contributed by atoms with E-state index in [1.807, 2.05) is 0 Å². The summed E-state index contributed by atoms with van der Waals surface area (Å²) >= 11 is 0. The minimum absolute atomic E-state index is 1.21. The third kappa shape index (κ3) is 2.19. The van der Waals surface area contributed by atoms with E-state index in [0.29, 0.717) is 0 Å². The van der Waals surface area contributed by atoms with Gasteiger partial charge in [0.1, 0.15) is 0 Å². The van der Waals surface area contributed by atoms with Crippen LogP contribution in [0.15, 0.2) is 48.5 Å². The molecule has 1 aliphatic carbocycles. The molecule has 0 unspecified atom stereocenters. The molecule has 0 aliphatic heterocycles. The predicted octanol–water partition coefficient (Wildman–Crippen LogP) is 4.64. The Hall–Kier alpha value is -1.76. The molecule has 0 bridgehead atoms. The SMILES string of the molecule is C1=C(c2ccc(-c3ccccc3)[nH]2)CCCC1. The summed E-state index contributed by atoms with van der Waals surface area (Å²) in [6.45, 7) is 0. The molecule has 0 amide bonds. The van der Waals surface area contributed by atoms with Crippen molar-refractivity contribution in [1.29, 1.82) is 0 Å². The quantitative estimate of drug-likeness (QED) is 0.763. The summed E-state index contributed by atoms with van der Waals surface area (Å²) in [6.07, 6.45) is 7.50. The summed E-state index contributed by atoms with van der Waals surface area (Å²) in [5, 5.41) is 0. The second-order valence-electron chi connectivity index (χ2n) is 4.63. The number of aromatic nitrogens is 1. The van der Waals surface area contributed by atoms with Gasteiger partial charge < -0.3 is 4.98 Å². The second kappa shape index (κ2) is 4.62. The van der Waals surface area contributed by atoms with Gasteiger partial charge in [0.15, 0.2) is 0 Å². The van der Waals surface area contributed by atoms with Crippen molar-refractivity contribution >= 4 is 5.57 Å². The van der Waals surface area contributed by atoms with Crippen molar-refractivity contribution < 1.29 is 0 Å². The van der Waals surface area contributed by atoms with E-state index >= 15 is 0 Å². The zero-order chi connectivity index (χ0) is 11.5. The van der Waals surface area contributed by atoms with Gasteiger partial charge in [-0.3, -0.25) is 0 Å². The van der Waals surface area contributed by atoms with Crippen LogP contribution in [0.1, 0.15) is 31.4 Å². The van der Waals surface area contributed by atoms with Crippen LogP contribution < -0.4 is 0 Å². The molecule has 1 aromatic heterocycles. The summed E-state index contributed by atoms with van der Waals surface area (Å²) in [5.41, 5.74) is 5.25. The van der Waals surface area contributed by atoms with Gasteiger partial charge >= 0.3 is 0 Å². The van der Waals surface area contributed by atoms with E-state index < -0.39 is 0 Å². The van der Waals surface area contributed by atoms with Crippen molar-refractivity contribution in [1.82, 2.24) is 4.98 Å². The Kier molecular flexibility index (Phi) is 2.83. The van der Waals surface area contributed by atoms with Crippen molar-refractivity contribution in [2.24, 2.45) is 0 Å². The molecule has 1 nitrogen and oxygen atoms in total. The highest BCUT2D eigenvalue weighted by Crippen LogP contribution is 2.28. The molecule has 0 spiro atoms. The fourth-order valence-corrected chi connectivity index (χ4v) is 2.45. The van der Waals surface area contributed by atoms with Gasteiger partial charge in [-0.15, -0.1) is 0 Å². The number of aromatic amines is 1. The number of hydrogen-bond acceptors (Lipinski definition) is 0. The molecule has 86 valence electrons. The molecule has 2 aromatic rings. The van der Waals surface area contributed by atoms with E-state index in [1.54, 1.807) is 0 Å². The molecule has 1 aliphatic rings. The molecule has 0 fully saturated rings. The van der Waals surface area contributed by atoms with Crippen molar-refractivity contribution in [2.45, 2.75) is 25.7 Å². The maximum Gasteiger partial charge on any atom is 0.0458 e. The second-order valence-corrected chi connectivity index (χ2v) is 4.63. The smallest absolute Gasteiger partial charge is 0.0458 e. The largest absolute Gasteiger partial charge is 0.355 e.